The van der Waals surface area contributed by atoms with Crippen LogP contribution < -0.4 is 0 Å². The van der Waals surface area contributed by atoms with Crippen LogP contribution in [0.15, 0.2) is 5.38 Å². The van der Waals surface area contributed by atoms with Crippen LogP contribution in [0.25, 0.3) is 0 Å². The summed E-state index contributed by atoms with van der Waals surface area (Å²) in [5.74, 6) is -0.931. The lowest BCUT2D eigenvalue weighted by atomic mass is 10.2. The third-order valence-corrected chi connectivity index (χ3v) is 3.97. The summed E-state index contributed by atoms with van der Waals surface area (Å²) in [5.41, 5.74) is 0.872. The van der Waals surface area contributed by atoms with Crippen LogP contribution in [0.3, 0.4) is 0 Å². The number of hydrogen-bond donors (Lipinski definition) is 1. The number of thiazole rings is 1. The number of rotatable bonds is 4. The molecule has 2 rings (SSSR count). The topological polar surface area (TPSA) is 53.4 Å². The van der Waals surface area contributed by atoms with Gasteiger partial charge in [0.15, 0.2) is 0 Å². The summed E-state index contributed by atoms with van der Waals surface area (Å²) in [7, 11) is 2.09. The minimum atomic E-state index is -0.931. The van der Waals surface area contributed by atoms with Crippen LogP contribution in [-0.2, 0) is 6.54 Å². The minimum Gasteiger partial charge on any atom is -0.476 e. The SMILES string of the molecule is CN(Cc1csc(C(=O)O)n1)C1CCCC1. The largest absolute Gasteiger partial charge is 0.476 e. The molecule has 5 heteroatoms. The highest BCUT2D eigenvalue weighted by Gasteiger charge is 2.20. The highest BCUT2D eigenvalue weighted by atomic mass is 32.1. The van der Waals surface area contributed by atoms with Crippen LogP contribution in [0, 0.1) is 0 Å². The van der Waals surface area contributed by atoms with Crippen molar-refractivity contribution in [1.82, 2.24) is 9.88 Å². The molecule has 0 aliphatic heterocycles. The van der Waals surface area contributed by atoms with Gasteiger partial charge in [0.25, 0.3) is 0 Å². The first kappa shape index (κ1) is 11.5. The highest BCUT2D eigenvalue weighted by molar-refractivity contribution is 7.11. The van der Waals surface area contributed by atoms with Crippen molar-refractivity contribution in [3.8, 4) is 0 Å². The standard InChI is InChI=1S/C11H16N2O2S/c1-13(9-4-2-3-5-9)6-8-7-16-10(12-8)11(14)15/h7,9H,2-6H2,1H3,(H,14,15). The summed E-state index contributed by atoms with van der Waals surface area (Å²) in [5, 5.41) is 10.8. The number of aromatic carboxylic acids is 1. The van der Waals surface area contributed by atoms with Gasteiger partial charge < -0.3 is 5.11 Å². The monoisotopic (exact) mass is 240 g/mol. The molecule has 16 heavy (non-hydrogen) atoms. The predicted molar refractivity (Wildman–Crippen MR) is 62.8 cm³/mol. The van der Waals surface area contributed by atoms with E-state index in [-0.39, 0.29) is 5.01 Å². The van der Waals surface area contributed by atoms with E-state index in [0.29, 0.717) is 6.04 Å². The Kier molecular flexibility index (Phi) is 3.56. The van der Waals surface area contributed by atoms with Gasteiger partial charge >= 0.3 is 5.97 Å². The Bertz CT molecular complexity index is 372. The number of carboxylic acid groups (broad SMARTS) is 1. The molecule has 0 radical (unpaired) electrons. The molecule has 0 bridgehead atoms. The van der Waals surface area contributed by atoms with E-state index in [1.165, 1.54) is 37.0 Å². The minimum absolute atomic E-state index is 0.190. The quantitative estimate of drug-likeness (QED) is 0.876. The zero-order valence-corrected chi connectivity index (χ0v) is 10.2. The smallest absolute Gasteiger partial charge is 0.365 e. The van der Waals surface area contributed by atoms with E-state index < -0.39 is 5.97 Å². The second kappa shape index (κ2) is 4.93. The molecule has 4 nitrogen and oxygen atoms in total. The first-order chi connectivity index (χ1) is 7.66. The van der Waals surface area contributed by atoms with Crippen molar-refractivity contribution in [1.29, 1.82) is 0 Å². The zero-order valence-electron chi connectivity index (χ0n) is 9.35. The Balaban J connectivity index is 1.94. The lowest BCUT2D eigenvalue weighted by Gasteiger charge is -2.22. The van der Waals surface area contributed by atoms with Crippen molar-refractivity contribution < 1.29 is 9.90 Å². The Labute approximate surface area is 98.9 Å². The van der Waals surface area contributed by atoms with Gasteiger partial charge in [0.1, 0.15) is 0 Å². The van der Waals surface area contributed by atoms with Crippen molar-refractivity contribution in [2.24, 2.45) is 0 Å². The Morgan fingerprint density at radius 3 is 2.88 bits per heavy atom. The van der Waals surface area contributed by atoms with Gasteiger partial charge in [-0.25, -0.2) is 9.78 Å². The molecule has 1 aliphatic carbocycles. The fourth-order valence-electron chi connectivity index (χ4n) is 2.21. The van der Waals surface area contributed by atoms with Crippen LogP contribution in [0.5, 0.6) is 0 Å². The molecule has 1 aromatic heterocycles. The number of carboxylic acids is 1. The Morgan fingerprint density at radius 2 is 2.31 bits per heavy atom. The normalized spacial score (nSPS) is 17.1. The van der Waals surface area contributed by atoms with Gasteiger partial charge in [0.2, 0.25) is 5.01 Å². The van der Waals surface area contributed by atoms with Gasteiger partial charge in [-0.15, -0.1) is 11.3 Å². The van der Waals surface area contributed by atoms with Gasteiger partial charge in [-0.3, -0.25) is 4.90 Å². The number of hydrogen-bond acceptors (Lipinski definition) is 4. The van der Waals surface area contributed by atoms with Crippen molar-refractivity contribution in [3.63, 3.8) is 0 Å². The lowest BCUT2D eigenvalue weighted by Crippen LogP contribution is -2.28. The molecule has 1 aliphatic rings. The third kappa shape index (κ3) is 2.59. The third-order valence-electron chi connectivity index (χ3n) is 3.09. The molecule has 0 amide bonds. The number of nitrogens with zero attached hydrogens (tertiary/aromatic N) is 2. The van der Waals surface area contributed by atoms with E-state index in [1.54, 1.807) is 0 Å². The molecule has 0 unspecified atom stereocenters. The molecule has 1 saturated carbocycles. The average molecular weight is 240 g/mol. The molecule has 0 aromatic carbocycles. The molecule has 1 N–H and O–H groups in total. The van der Waals surface area contributed by atoms with Gasteiger partial charge in [-0.2, -0.15) is 0 Å². The van der Waals surface area contributed by atoms with Gasteiger partial charge in [0, 0.05) is 18.0 Å². The zero-order chi connectivity index (χ0) is 11.5. The summed E-state index contributed by atoms with van der Waals surface area (Å²) >= 11 is 1.20. The summed E-state index contributed by atoms with van der Waals surface area (Å²) in [6.45, 7) is 0.758. The van der Waals surface area contributed by atoms with Crippen LogP contribution in [0.4, 0.5) is 0 Å². The predicted octanol–water partition coefficient (Wildman–Crippen LogP) is 2.22. The van der Waals surface area contributed by atoms with Crippen molar-refractivity contribution in [2.75, 3.05) is 7.05 Å². The molecule has 1 aromatic rings. The van der Waals surface area contributed by atoms with Gasteiger partial charge in [0.05, 0.1) is 5.69 Å². The fraction of sp³-hybridized carbons (Fsp3) is 0.636. The lowest BCUT2D eigenvalue weighted by molar-refractivity contribution is 0.0696. The van der Waals surface area contributed by atoms with Crippen LogP contribution in [0.1, 0.15) is 41.2 Å². The molecule has 0 spiro atoms. The summed E-state index contributed by atoms with van der Waals surface area (Å²) in [6, 6.07) is 0.648. The highest BCUT2D eigenvalue weighted by Crippen LogP contribution is 2.23. The van der Waals surface area contributed by atoms with Crippen LogP contribution in [0.2, 0.25) is 0 Å². The molecule has 1 fully saturated rings. The maximum Gasteiger partial charge on any atom is 0.365 e. The van der Waals surface area contributed by atoms with E-state index in [9.17, 15) is 4.79 Å². The molecule has 1 heterocycles. The first-order valence-corrected chi connectivity index (χ1v) is 6.42. The van der Waals surface area contributed by atoms with E-state index in [4.69, 9.17) is 5.11 Å². The first-order valence-electron chi connectivity index (χ1n) is 5.55. The van der Waals surface area contributed by atoms with E-state index in [2.05, 4.69) is 16.9 Å². The van der Waals surface area contributed by atoms with Crippen molar-refractivity contribution in [3.05, 3.63) is 16.1 Å². The van der Waals surface area contributed by atoms with Crippen molar-refractivity contribution in [2.45, 2.75) is 38.3 Å². The van der Waals surface area contributed by atoms with Crippen molar-refractivity contribution >= 4 is 17.3 Å². The molecule has 0 atom stereocenters. The van der Waals surface area contributed by atoms with Crippen LogP contribution >= 0.6 is 11.3 Å². The summed E-state index contributed by atoms with van der Waals surface area (Å²) in [6.07, 6.45) is 5.14. The van der Waals surface area contributed by atoms with Crippen LogP contribution in [-0.4, -0.2) is 34.0 Å². The van der Waals surface area contributed by atoms with E-state index in [0.717, 1.165) is 12.2 Å². The van der Waals surface area contributed by atoms with E-state index in [1.807, 2.05) is 5.38 Å². The summed E-state index contributed by atoms with van der Waals surface area (Å²) in [4.78, 5) is 17.1. The Hall–Kier alpha value is -0.940. The average Bonchev–Trinajstić information content (AvgIpc) is 2.87. The molecular weight excluding hydrogens is 224 g/mol. The summed E-state index contributed by atoms with van der Waals surface area (Å²) < 4.78 is 0. The number of carbonyl (C=O) groups is 1. The molecule has 88 valence electrons. The molecule has 0 saturated heterocycles. The van der Waals surface area contributed by atoms with Gasteiger partial charge in [-0.1, -0.05) is 12.8 Å². The second-order valence-electron chi connectivity index (χ2n) is 4.30. The second-order valence-corrected chi connectivity index (χ2v) is 5.16. The maximum atomic E-state index is 10.7. The Morgan fingerprint density at radius 1 is 1.62 bits per heavy atom. The van der Waals surface area contributed by atoms with Gasteiger partial charge in [-0.05, 0) is 19.9 Å². The number of aromatic nitrogens is 1. The maximum absolute atomic E-state index is 10.7. The molecular formula is C11H16N2O2S. The fourth-order valence-corrected chi connectivity index (χ4v) is 2.85. The van der Waals surface area contributed by atoms with E-state index >= 15 is 0 Å².